The molecule has 24 heavy (non-hydrogen) atoms. The maximum absolute atomic E-state index is 12.1. The number of benzene rings is 1. The lowest BCUT2D eigenvalue weighted by atomic mass is 10.1. The Kier molecular flexibility index (Phi) is 5.41. The number of hydrogen-bond acceptors (Lipinski definition) is 6. The molecule has 0 bridgehead atoms. The van der Waals surface area contributed by atoms with Crippen molar-refractivity contribution in [2.75, 3.05) is 21.3 Å². The van der Waals surface area contributed by atoms with Gasteiger partial charge in [-0.1, -0.05) is 0 Å². The minimum absolute atomic E-state index is 0.157. The highest BCUT2D eigenvalue weighted by Crippen LogP contribution is 2.38. The maximum atomic E-state index is 12.1. The molecule has 0 aliphatic heterocycles. The van der Waals surface area contributed by atoms with Gasteiger partial charge in [-0.15, -0.1) is 0 Å². The van der Waals surface area contributed by atoms with Gasteiger partial charge in [0.05, 0.1) is 21.3 Å². The van der Waals surface area contributed by atoms with Crippen molar-refractivity contribution in [3.05, 3.63) is 45.9 Å². The fourth-order valence-electron chi connectivity index (χ4n) is 2.13. The van der Waals surface area contributed by atoms with E-state index in [1.54, 1.807) is 12.1 Å². The summed E-state index contributed by atoms with van der Waals surface area (Å²) in [6, 6.07) is 6.17. The first kappa shape index (κ1) is 17.3. The smallest absolute Gasteiger partial charge is 0.271 e. The zero-order chi connectivity index (χ0) is 17.7. The van der Waals surface area contributed by atoms with Crippen LogP contribution < -0.4 is 25.1 Å². The van der Waals surface area contributed by atoms with Gasteiger partial charge in [-0.25, -0.2) is 4.68 Å². The van der Waals surface area contributed by atoms with Crippen LogP contribution in [0.5, 0.6) is 17.2 Å². The lowest BCUT2D eigenvalue weighted by molar-refractivity contribution is 0.0943. The Morgan fingerprint density at radius 2 is 1.75 bits per heavy atom. The number of carbonyl (C=O) groups excluding carboxylic acids is 1. The zero-order valence-corrected chi connectivity index (χ0v) is 14.0. The van der Waals surface area contributed by atoms with E-state index in [1.165, 1.54) is 40.5 Å². The van der Waals surface area contributed by atoms with Gasteiger partial charge in [0, 0.05) is 19.7 Å². The summed E-state index contributed by atoms with van der Waals surface area (Å²) in [5.74, 6) is 1.09. The van der Waals surface area contributed by atoms with Gasteiger partial charge in [0.1, 0.15) is 5.69 Å². The molecule has 128 valence electrons. The molecule has 0 saturated heterocycles. The summed E-state index contributed by atoms with van der Waals surface area (Å²) in [6.45, 7) is 0.236. The van der Waals surface area contributed by atoms with E-state index in [0.717, 1.165) is 10.2 Å². The second-order valence-corrected chi connectivity index (χ2v) is 4.90. The molecule has 0 unspecified atom stereocenters. The summed E-state index contributed by atoms with van der Waals surface area (Å²) in [5, 5.41) is 6.64. The van der Waals surface area contributed by atoms with Crippen LogP contribution in [0.1, 0.15) is 16.1 Å². The van der Waals surface area contributed by atoms with Crippen LogP contribution in [0.25, 0.3) is 0 Å². The predicted molar refractivity (Wildman–Crippen MR) is 86.7 cm³/mol. The molecular weight excluding hydrogens is 314 g/mol. The molecule has 1 amide bonds. The number of aromatic nitrogens is 2. The van der Waals surface area contributed by atoms with Crippen LogP contribution in [0.4, 0.5) is 0 Å². The van der Waals surface area contributed by atoms with Crippen molar-refractivity contribution in [2.24, 2.45) is 7.05 Å². The van der Waals surface area contributed by atoms with E-state index < -0.39 is 0 Å². The quantitative estimate of drug-likeness (QED) is 0.838. The first-order valence-corrected chi connectivity index (χ1v) is 7.11. The highest BCUT2D eigenvalue weighted by atomic mass is 16.5. The van der Waals surface area contributed by atoms with Crippen LogP contribution in [0.3, 0.4) is 0 Å². The molecule has 8 heteroatoms. The molecular formula is C16H19N3O5. The van der Waals surface area contributed by atoms with Crippen molar-refractivity contribution in [1.29, 1.82) is 0 Å². The normalized spacial score (nSPS) is 10.2. The number of carbonyl (C=O) groups is 1. The summed E-state index contributed by atoms with van der Waals surface area (Å²) in [5.41, 5.74) is 0.642. The Morgan fingerprint density at radius 3 is 2.25 bits per heavy atom. The number of amides is 1. The highest BCUT2D eigenvalue weighted by Gasteiger charge is 2.14. The molecule has 2 aromatic rings. The Morgan fingerprint density at radius 1 is 1.12 bits per heavy atom. The molecule has 2 rings (SSSR count). The molecule has 0 spiro atoms. The summed E-state index contributed by atoms with van der Waals surface area (Å²) in [7, 11) is 6.05. The Labute approximate surface area is 139 Å². The molecule has 0 saturated carbocycles. The topological polar surface area (TPSA) is 91.7 Å². The number of aryl methyl sites for hydroxylation is 1. The molecule has 0 atom stereocenters. The SMILES string of the molecule is COc1cc(CNC(=O)c2ccc(=O)n(C)n2)cc(OC)c1OC. The summed E-state index contributed by atoms with van der Waals surface area (Å²) in [6.07, 6.45) is 0. The van der Waals surface area contributed by atoms with Crippen molar-refractivity contribution < 1.29 is 19.0 Å². The molecule has 8 nitrogen and oxygen atoms in total. The third kappa shape index (κ3) is 3.65. The van der Waals surface area contributed by atoms with Gasteiger partial charge in [0.25, 0.3) is 11.5 Å². The second-order valence-electron chi connectivity index (χ2n) is 4.90. The fraction of sp³-hybridized carbons (Fsp3) is 0.312. The average Bonchev–Trinajstić information content (AvgIpc) is 2.60. The number of ether oxygens (including phenoxy) is 3. The van der Waals surface area contributed by atoms with Gasteiger partial charge in [-0.05, 0) is 23.8 Å². The van der Waals surface area contributed by atoms with E-state index in [0.29, 0.717) is 17.2 Å². The molecule has 1 aromatic carbocycles. The first-order chi connectivity index (χ1) is 11.5. The fourth-order valence-corrected chi connectivity index (χ4v) is 2.13. The third-order valence-corrected chi connectivity index (χ3v) is 3.37. The van der Waals surface area contributed by atoms with E-state index in [4.69, 9.17) is 14.2 Å². The van der Waals surface area contributed by atoms with E-state index in [-0.39, 0.29) is 23.7 Å². The monoisotopic (exact) mass is 333 g/mol. The van der Waals surface area contributed by atoms with Gasteiger partial charge in [-0.3, -0.25) is 9.59 Å². The van der Waals surface area contributed by atoms with Crippen molar-refractivity contribution in [3.8, 4) is 17.2 Å². The highest BCUT2D eigenvalue weighted by molar-refractivity contribution is 5.91. The van der Waals surface area contributed by atoms with Crippen LogP contribution in [0, 0.1) is 0 Å². The molecule has 1 heterocycles. The van der Waals surface area contributed by atoms with Crippen molar-refractivity contribution in [2.45, 2.75) is 6.54 Å². The minimum atomic E-state index is -0.389. The number of methoxy groups -OCH3 is 3. The van der Waals surface area contributed by atoms with Crippen LogP contribution >= 0.6 is 0 Å². The first-order valence-electron chi connectivity index (χ1n) is 7.11. The van der Waals surface area contributed by atoms with E-state index >= 15 is 0 Å². The van der Waals surface area contributed by atoms with E-state index in [9.17, 15) is 9.59 Å². The van der Waals surface area contributed by atoms with Gasteiger partial charge in [-0.2, -0.15) is 5.10 Å². The summed E-state index contributed by atoms with van der Waals surface area (Å²) < 4.78 is 16.9. The lowest BCUT2D eigenvalue weighted by Gasteiger charge is -2.14. The zero-order valence-electron chi connectivity index (χ0n) is 14.0. The molecule has 1 N–H and O–H groups in total. The van der Waals surface area contributed by atoms with Gasteiger partial charge in [0.15, 0.2) is 11.5 Å². The third-order valence-electron chi connectivity index (χ3n) is 3.37. The standard InChI is InChI=1S/C16H19N3O5/c1-19-14(20)6-5-11(18-19)16(21)17-9-10-7-12(22-2)15(24-4)13(8-10)23-3/h5-8H,9H2,1-4H3,(H,17,21). The van der Waals surface area contributed by atoms with E-state index in [1.807, 2.05) is 0 Å². The molecule has 0 radical (unpaired) electrons. The largest absolute Gasteiger partial charge is 0.493 e. The Balaban J connectivity index is 2.17. The number of rotatable bonds is 6. The summed E-state index contributed by atoms with van der Waals surface area (Å²) >= 11 is 0. The molecule has 1 aromatic heterocycles. The molecule has 0 aliphatic carbocycles. The lowest BCUT2D eigenvalue weighted by Crippen LogP contribution is -2.28. The van der Waals surface area contributed by atoms with Crippen LogP contribution in [0.15, 0.2) is 29.1 Å². The second kappa shape index (κ2) is 7.49. The average molecular weight is 333 g/mol. The van der Waals surface area contributed by atoms with Crippen LogP contribution in [-0.2, 0) is 13.6 Å². The number of nitrogens with one attached hydrogen (secondary N) is 1. The maximum Gasteiger partial charge on any atom is 0.271 e. The summed E-state index contributed by atoms with van der Waals surface area (Å²) in [4.78, 5) is 23.4. The van der Waals surface area contributed by atoms with Gasteiger partial charge in [0.2, 0.25) is 5.75 Å². The van der Waals surface area contributed by atoms with Gasteiger partial charge >= 0.3 is 0 Å². The van der Waals surface area contributed by atoms with E-state index in [2.05, 4.69) is 10.4 Å². The number of hydrogen-bond donors (Lipinski definition) is 1. The molecule has 0 aliphatic rings. The molecule has 0 fully saturated rings. The van der Waals surface area contributed by atoms with Crippen LogP contribution in [-0.4, -0.2) is 37.0 Å². The van der Waals surface area contributed by atoms with Gasteiger partial charge < -0.3 is 19.5 Å². The van der Waals surface area contributed by atoms with Crippen molar-refractivity contribution in [1.82, 2.24) is 15.1 Å². The van der Waals surface area contributed by atoms with Crippen LogP contribution in [0.2, 0.25) is 0 Å². The van der Waals surface area contributed by atoms with Crippen molar-refractivity contribution >= 4 is 5.91 Å². The minimum Gasteiger partial charge on any atom is -0.493 e. The predicted octanol–water partition coefficient (Wildman–Crippen LogP) is 0.736. The Bertz CT molecular complexity index is 776. The van der Waals surface area contributed by atoms with Crippen molar-refractivity contribution in [3.63, 3.8) is 0 Å². The number of nitrogens with zero attached hydrogens (tertiary/aromatic N) is 2. The Hall–Kier alpha value is -3.03.